The normalized spacial score (nSPS) is 9.63. The third-order valence-corrected chi connectivity index (χ3v) is 1.65. The van der Waals surface area contributed by atoms with Gasteiger partial charge in [-0.15, -0.1) is 4.91 Å². The number of hydrogen-bond donors (Lipinski definition) is 2. The molecule has 7 nitrogen and oxygen atoms in total. The number of aliphatic imine (C=N–C) groups is 1. The molecule has 19 heavy (non-hydrogen) atoms. The van der Waals surface area contributed by atoms with E-state index in [1.807, 2.05) is 5.16 Å². The predicted molar refractivity (Wildman–Crippen MR) is 58.5 cm³/mol. The third kappa shape index (κ3) is 5.19. The topological polar surface area (TPSA) is 112 Å². The highest BCUT2D eigenvalue weighted by Gasteiger charge is 2.36. The summed E-state index contributed by atoms with van der Waals surface area (Å²) in [6.45, 7) is 0. The summed E-state index contributed by atoms with van der Waals surface area (Å²) in [5, 5.41) is 18.3. The first-order valence-electron chi connectivity index (χ1n) is 4.13. The smallest absolute Gasteiger partial charge is 0.418 e. The van der Waals surface area contributed by atoms with Gasteiger partial charge in [0, 0.05) is 0 Å². The Hall–Kier alpha value is -2.39. The summed E-state index contributed by atoms with van der Waals surface area (Å²) in [7, 11) is 0. The van der Waals surface area contributed by atoms with Crippen LogP contribution in [0.15, 0.2) is 22.6 Å². The molecule has 0 atom stereocenters. The van der Waals surface area contributed by atoms with Gasteiger partial charge in [0.2, 0.25) is 0 Å². The summed E-state index contributed by atoms with van der Waals surface area (Å²) < 4.78 is 37.3. The second kappa shape index (κ2) is 7.13. The Bertz CT molecular complexity index is 528. The molecule has 0 saturated carbocycles. The van der Waals surface area contributed by atoms with E-state index in [4.69, 9.17) is 15.2 Å². The van der Waals surface area contributed by atoms with Gasteiger partial charge in [0.1, 0.15) is 0 Å². The van der Waals surface area contributed by atoms with Crippen molar-refractivity contribution in [2.24, 2.45) is 10.3 Å². The maximum absolute atomic E-state index is 12.4. The number of pyridine rings is 1. The lowest BCUT2D eigenvalue weighted by Crippen LogP contribution is -2.14. The zero-order chi connectivity index (χ0) is 15.1. The van der Waals surface area contributed by atoms with E-state index in [0.29, 0.717) is 6.07 Å². The Balaban J connectivity index is 0.000000982. The number of aromatic nitrogens is 1. The zero-order valence-corrected chi connectivity index (χ0v) is 9.57. The van der Waals surface area contributed by atoms with Crippen molar-refractivity contribution in [1.82, 2.24) is 4.98 Å². The molecule has 0 aliphatic carbocycles. The number of carboxylic acid groups (broad SMARTS) is 1. The summed E-state index contributed by atoms with van der Waals surface area (Å²) in [6, 6.07) is 0.551. The number of nitrogens with zero attached hydrogens (tertiary/aromatic N) is 3. The first kappa shape index (κ1) is 16.6. The van der Waals surface area contributed by atoms with E-state index in [-0.39, 0.29) is 5.69 Å². The Morgan fingerprint density at radius 2 is 2.00 bits per heavy atom. The van der Waals surface area contributed by atoms with Crippen molar-refractivity contribution >= 4 is 29.0 Å². The highest BCUT2D eigenvalue weighted by atomic mass is 32.1. The van der Waals surface area contributed by atoms with Crippen LogP contribution in [0.25, 0.3) is 0 Å². The fourth-order valence-electron chi connectivity index (χ4n) is 0.954. The lowest BCUT2D eigenvalue weighted by atomic mass is 10.1. The van der Waals surface area contributed by atoms with E-state index in [2.05, 4.69) is 22.2 Å². The molecule has 0 amide bonds. The molecule has 0 aliphatic rings. The van der Waals surface area contributed by atoms with Crippen LogP contribution in [0.3, 0.4) is 0 Å². The number of alkyl halides is 3. The molecular formula is C8H4F3N3O4S. The Morgan fingerprint density at radius 3 is 2.37 bits per heavy atom. The van der Waals surface area contributed by atoms with Crippen LogP contribution >= 0.6 is 12.2 Å². The van der Waals surface area contributed by atoms with Crippen molar-refractivity contribution in [2.75, 3.05) is 0 Å². The van der Waals surface area contributed by atoms with Gasteiger partial charge in [0.05, 0.1) is 22.6 Å². The number of carbonyl (C=O) groups is 1. The van der Waals surface area contributed by atoms with Crippen molar-refractivity contribution in [2.45, 2.75) is 6.18 Å². The number of rotatable bonds is 2. The van der Waals surface area contributed by atoms with Crippen LogP contribution < -0.4 is 0 Å². The first-order valence-corrected chi connectivity index (χ1v) is 4.53. The Morgan fingerprint density at radius 1 is 1.47 bits per heavy atom. The average Bonchev–Trinajstić information content (AvgIpc) is 2.29. The van der Waals surface area contributed by atoms with Gasteiger partial charge >= 0.3 is 12.1 Å². The van der Waals surface area contributed by atoms with Gasteiger partial charge in [-0.2, -0.15) is 18.2 Å². The van der Waals surface area contributed by atoms with Crippen molar-refractivity contribution in [3.63, 3.8) is 0 Å². The Kier molecular flexibility index (Phi) is 6.24. The fraction of sp³-hybridized carbons (Fsp3) is 0.125. The molecular weight excluding hydrogens is 291 g/mol. The van der Waals surface area contributed by atoms with Crippen LogP contribution in [0.1, 0.15) is 16.1 Å². The van der Waals surface area contributed by atoms with E-state index in [1.165, 1.54) is 5.34 Å². The molecule has 11 heteroatoms. The number of carboxylic acids is 1. The second-order valence-corrected chi connectivity index (χ2v) is 2.86. The van der Waals surface area contributed by atoms with Crippen LogP contribution in [-0.2, 0) is 6.18 Å². The van der Waals surface area contributed by atoms with Crippen LogP contribution in [0.4, 0.5) is 18.9 Å². The zero-order valence-electron chi connectivity index (χ0n) is 8.75. The Labute approximate surface area is 108 Å². The monoisotopic (exact) mass is 295 g/mol. The number of isothiocyanates is 1. The van der Waals surface area contributed by atoms with Crippen LogP contribution in [0.5, 0.6) is 0 Å². The molecule has 1 heterocycles. The molecule has 0 unspecified atom stereocenters. The molecule has 0 radical (unpaired) electrons. The lowest BCUT2D eigenvalue weighted by Gasteiger charge is -2.09. The van der Waals surface area contributed by atoms with Crippen LogP contribution in [0.2, 0.25) is 0 Å². The standard InChI is InChI=1S/C8H3F3N2O2S.HNO2/c9-8(10,11)5-1-4(13-3-16)2-12-6(5)7(14)15;2-1-3/h1-2H,(H,14,15);(H,2,3). The maximum Gasteiger partial charge on any atom is 0.418 e. The van der Waals surface area contributed by atoms with Gasteiger partial charge in [-0.25, -0.2) is 9.78 Å². The summed E-state index contributed by atoms with van der Waals surface area (Å²) in [6.07, 6.45) is -3.94. The number of thiocarbonyl (C=S) groups is 1. The molecule has 1 rings (SSSR count). The van der Waals surface area contributed by atoms with Gasteiger partial charge < -0.3 is 10.3 Å². The molecule has 102 valence electrons. The second-order valence-electron chi connectivity index (χ2n) is 2.68. The molecule has 0 aliphatic heterocycles. The average molecular weight is 295 g/mol. The third-order valence-electron chi connectivity index (χ3n) is 1.56. The molecule has 2 N–H and O–H groups in total. The maximum atomic E-state index is 12.4. The van der Waals surface area contributed by atoms with Gasteiger partial charge in [0.15, 0.2) is 11.0 Å². The molecule has 1 aromatic heterocycles. The molecule has 0 saturated heterocycles. The minimum atomic E-state index is -4.81. The summed E-state index contributed by atoms with van der Waals surface area (Å²) in [5.74, 6) is -1.76. The van der Waals surface area contributed by atoms with E-state index in [9.17, 15) is 18.0 Å². The van der Waals surface area contributed by atoms with Crippen LogP contribution in [-0.4, -0.2) is 26.4 Å². The summed E-state index contributed by atoms with van der Waals surface area (Å²) >= 11 is 4.21. The first-order chi connectivity index (χ1) is 8.77. The van der Waals surface area contributed by atoms with Gasteiger partial charge in [-0.05, 0) is 18.3 Å². The van der Waals surface area contributed by atoms with Crippen LogP contribution in [0, 0.1) is 4.91 Å². The quantitative estimate of drug-likeness (QED) is 0.375. The predicted octanol–water partition coefficient (Wildman–Crippen LogP) is 2.67. The number of aromatic carboxylic acids is 1. The largest absolute Gasteiger partial charge is 0.476 e. The van der Waals surface area contributed by atoms with Gasteiger partial charge in [0.25, 0.3) is 0 Å². The van der Waals surface area contributed by atoms with Crippen molar-refractivity contribution < 1.29 is 28.3 Å². The number of hydrogen-bond acceptors (Lipinski definition) is 6. The van der Waals surface area contributed by atoms with E-state index in [0.717, 1.165) is 6.20 Å². The molecule has 0 spiro atoms. The number of halogens is 3. The lowest BCUT2D eigenvalue weighted by molar-refractivity contribution is -0.138. The molecule has 1 aromatic rings. The highest BCUT2D eigenvalue weighted by Crippen LogP contribution is 2.33. The summed E-state index contributed by atoms with van der Waals surface area (Å²) in [4.78, 5) is 25.1. The van der Waals surface area contributed by atoms with Crippen molar-refractivity contribution in [1.29, 1.82) is 0 Å². The van der Waals surface area contributed by atoms with Gasteiger partial charge in [-0.1, -0.05) is 0 Å². The molecule has 0 bridgehead atoms. The fourth-order valence-corrected chi connectivity index (χ4v) is 1.06. The van der Waals surface area contributed by atoms with Gasteiger partial charge in [-0.3, -0.25) is 0 Å². The summed E-state index contributed by atoms with van der Waals surface area (Å²) in [5.41, 5.74) is -2.64. The minimum absolute atomic E-state index is 0.202. The van der Waals surface area contributed by atoms with E-state index >= 15 is 0 Å². The van der Waals surface area contributed by atoms with E-state index in [1.54, 1.807) is 0 Å². The molecule has 0 aromatic carbocycles. The minimum Gasteiger partial charge on any atom is -0.476 e. The highest BCUT2D eigenvalue weighted by molar-refractivity contribution is 7.78. The van der Waals surface area contributed by atoms with Crippen molar-refractivity contribution in [3.05, 3.63) is 28.4 Å². The molecule has 0 fully saturated rings. The SMILES string of the molecule is O=C(O)c1ncc(N=C=S)cc1C(F)(F)F.O=NO. The van der Waals surface area contributed by atoms with E-state index < -0.39 is 23.4 Å². The van der Waals surface area contributed by atoms with Crippen molar-refractivity contribution in [3.8, 4) is 0 Å².